The van der Waals surface area contributed by atoms with E-state index in [1.54, 1.807) is 0 Å². The summed E-state index contributed by atoms with van der Waals surface area (Å²) in [5, 5.41) is 10.9. The minimum absolute atomic E-state index is 0.957. The molecule has 0 amide bonds. The van der Waals surface area contributed by atoms with Gasteiger partial charge in [-0.05, 0) is 159 Å². The molecule has 4 aromatic heterocycles. The molecule has 4 heterocycles. The lowest BCUT2D eigenvalue weighted by Gasteiger charge is -2.35. The summed E-state index contributed by atoms with van der Waals surface area (Å²) in [6.07, 6.45) is 7.60. The summed E-state index contributed by atoms with van der Waals surface area (Å²) in [4.78, 5) is 30.0. The van der Waals surface area contributed by atoms with E-state index in [4.69, 9.17) is 19.9 Å². The Kier molecular flexibility index (Phi) is 12.6. The van der Waals surface area contributed by atoms with Gasteiger partial charge in [0.05, 0.1) is 67.6 Å². The summed E-state index contributed by atoms with van der Waals surface area (Å²) in [5.74, 6) is 0. The summed E-state index contributed by atoms with van der Waals surface area (Å²) >= 11 is 0. The molecule has 0 saturated heterocycles. The molecular formula is C80H58N8. The molecular weight excluding hydrogens is 1070 g/mol. The second-order valence-electron chi connectivity index (χ2n) is 22.7. The second-order valence-corrected chi connectivity index (χ2v) is 22.7. The Morgan fingerprint density at radius 3 is 0.670 bits per heavy atom. The summed E-state index contributed by atoms with van der Waals surface area (Å²) in [6.45, 7) is 8.84. The lowest BCUT2D eigenvalue weighted by molar-refractivity contribution is 1.23. The molecule has 0 aliphatic rings. The number of rotatable bonds is 12. The van der Waals surface area contributed by atoms with Gasteiger partial charge in [-0.3, -0.25) is 19.9 Å². The Morgan fingerprint density at radius 1 is 0.216 bits per heavy atom. The highest BCUT2D eigenvalue weighted by atomic mass is 15.2. The maximum absolute atomic E-state index is 5.04. The third kappa shape index (κ3) is 8.44. The third-order valence-corrected chi connectivity index (χ3v) is 17.8. The van der Waals surface area contributed by atoms with Crippen molar-refractivity contribution in [3.05, 3.63) is 302 Å². The lowest BCUT2D eigenvalue weighted by atomic mass is 9.88. The van der Waals surface area contributed by atoms with Crippen LogP contribution in [0.2, 0.25) is 0 Å². The average Bonchev–Trinajstić information content (AvgIpc) is 0.745. The van der Waals surface area contributed by atoms with Gasteiger partial charge in [0.25, 0.3) is 0 Å². The minimum atomic E-state index is 0.957. The van der Waals surface area contributed by atoms with Crippen LogP contribution in [-0.4, -0.2) is 19.9 Å². The molecule has 0 aliphatic carbocycles. The topological polar surface area (TPSA) is 64.5 Å². The van der Waals surface area contributed by atoms with Crippen LogP contribution in [0.1, 0.15) is 22.3 Å². The van der Waals surface area contributed by atoms with E-state index in [0.29, 0.717) is 0 Å². The zero-order chi connectivity index (χ0) is 59.0. The largest absolute Gasteiger partial charge is 0.309 e. The molecule has 16 rings (SSSR count). The number of aromatic nitrogens is 4. The van der Waals surface area contributed by atoms with Crippen molar-refractivity contribution < 1.29 is 0 Å². The van der Waals surface area contributed by atoms with Crippen molar-refractivity contribution >= 4 is 144 Å². The van der Waals surface area contributed by atoms with E-state index in [0.717, 1.165) is 166 Å². The Balaban J connectivity index is 1.11. The fraction of sp³-hybridized carbons (Fsp3) is 0.0500. The quantitative estimate of drug-likeness (QED) is 0.112. The SMILES string of the molecule is Cc1c(N(c2ccccc2)c2cc(N(c3ccccc3)c3ccc4cccnc4c3C)c3ccc4c(N(c5ccccc5)c5ccc6cccnc6c5C)cc(N(c5ccccc5)c5ccc6cccnc6c5C)c5ccc2c3c54)ccc2cccnc12. The normalized spacial score (nSPS) is 11.6. The fourth-order valence-electron chi connectivity index (χ4n) is 13.7. The molecule has 418 valence electrons. The first-order valence-corrected chi connectivity index (χ1v) is 29.9. The molecule has 0 atom stereocenters. The van der Waals surface area contributed by atoms with Gasteiger partial charge in [-0.25, -0.2) is 0 Å². The van der Waals surface area contributed by atoms with Crippen LogP contribution in [-0.2, 0) is 0 Å². The minimum Gasteiger partial charge on any atom is -0.309 e. The van der Waals surface area contributed by atoms with E-state index in [-0.39, 0.29) is 0 Å². The monoisotopic (exact) mass is 1130 g/mol. The maximum Gasteiger partial charge on any atom is 0.0751 e. The van der Waals surface area contributed by atoms with Crippen molar-refractivity contribution in [3.63, 3.8) is 0 Å². The number of benzene rings is 12. The van der Waals surface area contributed by atoms with Crippen LogP contribution in [0, 0.1) is 27.7 Å². The van der Waals surface area contributed by atoms with E-state index >= 15 is 0 Å². The number of aryl methyl sites for hydroxylation is 4. The number of fused-ring (bicyclic) bond motifs is 4. The lowest BCUT2D eigenvalue weighted by Crippen LogP contribution is -2.17. The van der Waals surface area contributed by atoms with Gasteiger partial charge in [-0.2, -0.15) is 0 Å². The molecule has 12 aromatic carbocycles. The summed E-state index contributed by atoms with van der Waals surface area (Å²) in [7, 11) is 0. The maximum atomic E-state index is 5.04. The van der Waals surface area contributed by atoms with Crippen LogP contribution in [0.3, 0.4) is 0 Å². The van der Waals surface area contributed by atoms with Gasteiger partial charge < -0.3 is 19.6 Å². The van der Waals surface area contributed by atoms with Crippen LogP contribution in [0.4, 0.5) is 68.2 Å². The Hall–Kier alpha value is -11.5. The first-order valence-electron chi connectivity index (χ1n) is 29.9. The molecule has 0 saturated carbocycles. The number of anilines is 12. The van der Waals surface area contributed by atoms with Crippen LogP contribution >= 0.6 is 0 Å². The molecule has 0 unspecified atom stereocenters. The van der Waals surface area contributed by atoms with Crippen LogP contribution in [0.15, 0.2) is 280 Å². The standard InChI is InChI=1S/C80H58N8/c1-51-67(41-33-55-21-17-45-81-77(51)55)85(59-25-9-5-10-26-59)71-49-72(86(60-27-11-6-12-28-60)68-42-34-56-22-18-46-82-78(56)52(68)2)64-39-40-66-74(88(62-31-15-8-16-32-62)70-44-36-58-24-20-48-84-80(58)54(70)4)50-73(65-38-37-63(71)75(64)76(65)66)87(61-29-13-7-14-30-61)69-43-35-57-23-19-47-83-79(57)53(69)3/h5-50H,1-4H3. The van der Waals surface area contributed by atoms with Crippen molar-refractivity contribution in [2.24, 2.45) is 0 Å². The van der Waals surface area contributed by atoms with E-state index in [1.165, 1.54) is 0 Å². The highest BCUT2D eigenvalue weighted by molar-refractivity contribution is 6.33. The Morgan fingerprint density at radius 2 is 0.443 bits per heavy atom. The molecule has 0 N–H and O–H groups in total. The van der Waals surface area contributed by atoms with Gasteiger partial charge in [0.15, 0.2) is 0 Å². The Bertz CT molecular complexity index is 4690. The number of hydrogen-bond donors (Lipinski definition) is 0. The van der Waals surface area contributed by atoms with Crippen molar-refractivity contribution in [1.29, 1.82) is 0 Å². The predicted octanol–water partition coefficient (Wildman–Crippen LogP) is 21.9. The van der Waals surface area contributed by atoms with Crippen molar-refractivity contribution in [2.45, 2.75) is 27.7 Å². The molecule has 88 heavy (non-hydrogen) atoms. The highest BCUT2D eigenvalue weighted by Crippen LogP contribution is 2.56. The summed E-state index contributed by atoms with van der Waals surface area (Å²) in [5.41, 5.74) is 20.4. The predicted molar refractivity (Wildman–Crippen MR) is 369 cm³/mol. The van der Waals surface area contributed by atoms with E-state index in [9.17, 15) is 0 Å². The molecule has 8 heteroatoms. The first kappa shape index (κ1) is 52.1. The van der Waals surface area contributed by atoms with E-state index in [1.807, 2.05) is 49.1 Å². The van der Waals surface area contributed by atoms with Gasteiger partial charge in [-0.15, -0.1) is 0 Å². The van der Waals surface area contributed by atoms with Crippen LogP contribution < -0.4 is 19.6 Å². The molecule has 8 nitrogen and oxygen atoms in total. The number of pyridine rings is 4. The summed E-state index contributed by atoms with van der Waals surface area (Å²) in [6, 6.07) is 92.2. The van der Waals surface area contributed by atoms with Gasteiger partial charge >= 0.3 is 0 Å². The zero-order valence-corrected chi connectivity index (χ0v) is 49.1. The van der Waals surface area contributed by atoms with E-state index in [2.05, 4.69) is 278 Å². The highest BCUT2D eigenvalue weighted by Gasteiger charge is 2.31. The van der Waals surface area contributed by atoms with Gasteiger partial charge in [-0.1, -0.05) is 146 Å². The van der Waals surface area contributed by atoms with Gasteiger partial charge in [0, 0.05) is 101 Å². The van der Waals surface area contributed by atoms with Gasteiger partial charge in [0.2, 0.25) is 0 Å². The molecule has 0 spiro atoms. The Labute approximate surface area is 510 Å². The average molecular weight is 1130 g/mol. The fourth-order valence-corrected chi connectivity index (χ4v) is 13.7. The smallest absolute Gasteiger partial charge is 0.0751 e. The third-order valence-electron chi connectivity index (χ3n) is 17.8. The molecule has 0 radical (unpaired) electrons. The molecule has 0 fully saturated rings. The van der Waals surface area contributed by atoms with Crippen molar-refractivity contribution in [3.8, 4) is 0 Å². The number of para-hydroxylation sites is 4. The zero-order valence-electron chi connectivity index (χ0n) is 49.1. The number of hydrogen-bond acceptors (Lipinski definition) is 8. The first-order chi connectivity index (χ1) is 43.4. The van der Waals surface area contributed by atoms with Crippen LogP contribution in [0.5, 0.6) is 0 Å². The second kappa shape index (κ2) is 21.2. The van der Waals surface area contributed by atoms with Gasteiger partial charge in [0.1, 0.15) is 0 Å². The van der Waals surface area contributed by atoms with Crippen molar-refractivity contribution in [1.82, 2.24) is 19.9 Å². The van der Waals surface area contributed by atoms with Crippen molar-refractivity contribution in [2.75, 3.05) is 19.6 Å². The van der Waals surface area contributed by atoms with Crippen LogP contribution in [0.25, 0.3) is 75.9 Å². The van der Waals surface area contributed by atoms with E-state index < -0.39 is 0 Å². The number of nitrogens with zero attached hydrogens (tertiary/aromatic N) is 8. The molecule has 0 bridgehead atoms. The summed E-state index contributed by atoms with van der Waals surface area (Å²) < 4.78 is 0. The molecule has 16 aromatic rings. The molecule has 0 aliphatic heterocycles.